The van der Waals surface area contributed by atoms with Crippen molar-refractivity contribution < 1.29 is 0 Å². The van der Waals surface area contributed by atoms with Gasteiger partial charge in [0.2, 0.25) is 0 Å². The quantitative estimate of drug-likeness (QED) is 0.257. The van der Waals surface area contributed by atoms with Gasteiger partial charge in [-0.1, -0.05) is 0 Å². The molecular formula is H6AlAsS3. The monoisotopic (exact) mass is 204 g/mol. The van der Waals surface area contributed by atoms with Crippen LogP contribution >= 0.6 is 13.5 Å². The summed E-state index contributed by atoms with van der Waals surface area (Å²) < 4.78 is 0. The Morgan fingerprint density at radius 1 is 1.00 bits per heavy atom. The van der Waals surface area contributed by atoms with Gasteiger partial charge >= 0.3 is 35.3 Å². The summed E-state index contributed by atoms with van der Waals surface area (Å²) in [5.41, 5.74) is 0. The summed E-state index contributed by atoms with van der Waals surface area (Å²) in [5, 5.41) is 0. The molecule has 0 amide bonds. The summed E-state index contributed by atoms with van der Waals surface area (Å²) in [6.45, 7) is 0. The first-order chi connectivity index (χ1) is 0. The zero-order valence-corrected chi connectivity index (χ0v) is 9.47. The summed E-state index contributed by atoms with van der Waals surface area (Å²) in [6, 6.07) is 0. The second kappa shape index (κ2) is 35.4. The molecule has 0 fully saturated rings. The van der Waals surface area contributed by atoms with Crippen LogP contribution in [0.1, 0.15) is 0 Å². The van der Waals surface area contributed by atoms with Gasteiger partial charge in [-0.25, -0.2) is 0 Å². The van der Waals surface area contributed by atoms with Gasteiger partial charge in [0.1, 0.15) is 0 Å². The van der Waals surface area contributed by atoms with E-state index in [0.717, 1.165) is 0 Å². The molecule has 1 atom stereocenters. The molecule has 0 bridgehead atoms. The topological polar surface area (TPSA) is 0 Å². The molecule has 0 saturated heterocycles. The Hall–Kier alpha value is 2.14. The summed E-state index contributed by atoms with van der Waals surface area (Å²) >= 11 is 0. The molecule has 32 valence electrons. The third-order valence-electron chi connectivity index (χ3n) is 0. The summed E-state index contributed by atoms with van der Waals surface area (Å²) in [7, 11) is 0. The van der Waals surface area contributed by atoms with E-state index in [0.29, 0.717) is 0 Å². The van der Waals surface area contributed by atoms with Crippen LogP contribution < -0.4 is 0 Å². The van der Waals surface area contributed by atoms with Gasteiger partial charge in [0.05, 0.1) is 0 Å². The Morgan fingerprint density at radius 2 is 1.00 bits per heavy atom. The molecular weight excluding hydrogens is 198 g/mol. The normalized spacial score (nSPS) is 0. The fourth-order valence-corrected chi connectivity index (χ4v) is 0. The minimum Gasteiger partial charge on any atom is -2.00 e. The van der Waals surface area contributed by atoms with Crippen molar-refractivity contribution in [1.82, 2.24) is 0 Å². The zero-order valence-electron chi connectivity index (χ0n) is 2.64. The van der Waals surface area contributed by atoms with Gasteiger partial charge in [0.25, 0.3) is 0 Å². The molecule has 1 unspecified atom stereocenters. The summed E-state index contributed by atoms with van der Waals surface area (Å²) in [5.74, 6) is 0. The molecule has 0 aromatic rings. The Balaban J connectivity index is 0. The van der Waals surface area contributed by atoms with E-state index in [-0.39, 0.29) is 75.8 Å². The molecule has 0 aliphatic carbocycles. The maximum atomic E-state index is 0. The van der Waals surface area contributed by atoms with E-state index in [1.165, 1.54) is 0 Å². The first-order valence-corrected chi connectivity index (χ1v) is 0. The molecule has 0 saturated carbocycles. The minimum atomic E-state index is 0. The Morgan fingerprint density at radius 3 is 1.00 bits per heavy atom. The van der Waals surface area contributed by atoms with Gasteiger partial charge < -0.3 is 27.0 Å². The Labute approximate surface area is 75.3 Å². The van der Waals surface area contributed by atoms with Crippen LogP contribution in [0.15, 0.2) is 0 Å². The van der Waals surface area contributed by atoms with Gasteiger partial charge in [0, 0.05) is 0 Å². The molecule has 5 heavy (non-hydrogen) atoms. The van der Waals surface area contributed by atoms with E-state index in [2.05, 4.69) is 0 Å². The molecule has 0 heterocycles. The maximum absolute atomic E-state index is 0. The maximum Gasteiger partial charge on any atom is -0.813 e. The number of rotatable bonds is 0. The van der Waals surface area contributed by atoms with Crippen LogP contribution in [-0.2, 0) is 27.0 Å². The van der Waals surface area contributed by atoms with Crippen LogP contribution in [0, 0.1) is 0 Å². The molecule has 0 nitrogen and oxygen atoms in total. The standard InChI is InChI=1S/Al.AsH3.2H2S.S/h;1H3;2*1H2;/q+3;;;;-2/p-1. The Kier molecular flexibility index (Phi) is 416. The summed E-state index contributed by atoms with van der Waals surface area (Å²) in [6.07, 6.45) is 0. The van der Waals surface area contributed by atoms with E-state index in [1.807, 2.05) is 0 Å². The fraction of sp³-hybridized carbons (Fsp3) is 0. The largest absolute Gasteiger partial charge is 2.00 e. The van der Waals surface area contributed by atoms with Crippen molar-refractivity contribution in [2.24, 2.45) is 0 Å². The zero-order chi connectivity index (χ0) is 0. The molecule has 0 N–H and O–H groups in total. The molecule has 0 rings (SSSR count). The van der Waals surface area contributed by atoms with E-state index < -0.39 is 0 Å². The molecule has 0 aliphatic rings. The van der Waals surface area contributed by atoms with Crippen molar-refractivity contribution in [3.8, 4) is 0 Å². The first kappa shape index (κ1) is 58.8. The van der Waals surface area contributed by atoms with Crippen molar-refractivity contribution in [1.29, 1.82) is 0 Å². The Bertz CT molecular complexity index is 6.85. The van der Waals surface area contributed by atoms with Crippen LogP contribution in [0.3, 0.4) is 0 Å². The van der Waals surface area contributed by atoms with Crippen molar-refractivity contribution in [2.45, 2.75) is 0 Å². The van der Waals surface area contributed by atoms with Crippen LogP contribution in [0.25, 0.3) is 0 Å². The van der Waals surface area contributed by atoms with Gasteiger partial charge in [-0.2, -0.15) is 13.5 Å². The van der Waals surface area contributed by atoms with Crippen molar-refractivity contribution >= 4 is 75.8 Å². The van der Waals surface area contributed by atoms with Gasteiger partial charge in [-0.05, 0) is 0 Å². The molecule has 0 spiro atoms. The van der Waals surface area contributed by atoms with Gasteiger partial charge in [-0.3, -0.25) is 0 Å². The van der Waals surface area contributed by atoms with E-state index >= 15 is 0 Å². The van der Waals surface area contributed by atoms with Crippen LogP contribution in [0.2, 0.25) is 0 Å². The predicted octanol–water partition coefficient (Wildman–Crippen LogP) is -1.72. The number of thiol groups is 1. The van der Waals surface area contributed by atoms with E-state index in [1.54, 1.807) is 0 Å². The van der Waals surface area contributed by atoms with Crippen LogP contribution in [0.4, 0.5) is 0 Å². The second-order valence-corrected chi connectivity index (χ2v) is 0. The smallest absolute Gasteiger partial charge is 0.813 e. The van der Waals surface area contributed by atoms with E-state index in [9.17, 15) is 0 Å². The summed E-state index contributed by atoms with van der Waals surface area (Å²) in [4.78, 5) is 0. The predicted molar refractivity (Wildman–Crippen MR) is 42.2 cm³/mol. The van der Waals surface area contributed by atoms with Crippen molar-refractivity contribution in [3.63, 3.8) is 0 Å². The number of hydrogen-bond donors (Lipinski definition) is 0. The second-order valence-electron chi connectivity index (χ2n) is 0. The van der Waals surface area contributed by atoms with Gasteiger partial charge in [0.15, 0.2) is 0 Å². The van der Waals surface area contributed by atoms with Crippen molar-refractivity contribution in [3.05, 3.63) is 0 Å². The average Bonchev–Trinajstić information content (AvgIpc) is 0. The van der Waals surface area contributed by atoms with Crippen molar-refractivity contribution in [2.75, 3.05) is 0 Å². The molecule has 0 aromatic heterocycles. The molecule has 5 heteroatoms. The third kappa shape index (κ3) is 23.0. The van der Waals surface area contributed by atoms with E-state index in [4.69, 9.17) is 0 Å². The minimum absolute atomic E-state index is 0. The molecule has 0 aliphatic heterocycles. The SMILES string of the molecule is S.[Al+3].[AsH3].[S-2].[SH-]. The van der Waals surface area contributed by atoms with Crippen LogP contribution in [0.5, 0.6) is 0 Å². The molecule has 0 radical (unpaired) electrons. The van der Waals surface area contributed by atoms with Crippen LogP contribution in [-0.4, -0.2) is 35.3 Å². The third-order valence-corrected chi connectivity index (χ3v) is 0. The molecule has 0 aromatic carbocycles. The number of hydrogen-bond acceptors (Lipinski definition) is 1. The first-order valence-electron chi connectivity index (χ1n) is 0. The fourth-order valence-electron chi connectivity index (χ4n) is 0. The van der Waals surface area contributed by atoms with Gasteiger partial charge in [-0.15, -0.1) is 0 Å². The average molecular weight is 204 g/mol.